The molecule has 0 spiro atoms. The predicted octanol–water partition coefficient (Wildman–Crippen LogP) is 4.51. The van der Waals surface area contributed by atoms with E-state index in [0.29, 0.717) is 17.3 Å². The van der Waals surface area contributed by atoms with Gasteiger partial charge in [-0.05, 0) is 46.7 Å². The first kappa shape index (κ1) is 22.0. The zero-order valence-corrected chi connectivity index (χ0v) is 18.3. The van der Waals surface area contributed by atoms with Crippen molar-refractivity contribution in [2.75, 3.05) is 22.4 Å². The van der Waals surface area contributed by atoms with Crippen molar-refractivity contribution in [3.63, 3.8) is 0 Å². The highest BCUT2D eigenvalue weighted by Gasteiger charge is 2.22. The van der Waals surface area contributed by atoms with Crippen LogP contribution in [0.5, 0.6) is 0 Å². The summed E-state index contributed by atoms with van der Waals surface area (Å²) in [5, 5.41) is 2.77. The molecule has 0 bridgehead atoms. The average molecular weight is 403 g/mol. The second-order valence-electron chi connectivity index (χ2n) is 8.39. The highest BCUT2D eigenvalue weighted by Crippen LogP contribution is 2.26. The second-order valence-corrected chi connectivity index (χ2v) is 10.3. The lowest BCUT2D eigenvalue weighted by molar-refractivity contribution is -0.114. The normalized spacial score (nSPS) is 12.1. The standard InChI is InChI=1S/C22H30N2O3S/c1-16(2)17-7-11-19(12-8-17)23-21(25)15-24(28(6,26)27)20-13-9-18(10-14-20)22(3,4)5/h7-14,16H,15H2,1-6H3,(H,23,25). The van der Waals surface area contributed by atoms with E-state index in [0.717, 1.165) is 16.1 Å². The summed E-state index contributed by atoms with van der Waals surface area (Å²) in [5.74, 6) is 0.0177. The molecule has 28 heavy (non-hydrogen) atoms. The van der Waals surface area contributed by atoms with E-state index in [2.05, 4.69) is 39.9 Å². The molecule has 0 aliphatic carbocycles. The van der Waals surface area contributed by atoms with Crippen LogP contribution in [0.25, 0.3) is 0 Å². The van der Waals surface area contributed by atoms with Gasteiger partial charge in [0.05, 0.1) is 11.9 Å². The fraction of sp³-hybridized carbons (Fsp3) is 0.409. The van der Waals surface area contributed by atoms with Gasteiger partial charge in [0.1, 0.15) is 6.54 Å². The van der Waals surface area contributed by atoms with Gasteiger partial charge >= 0.3 is 0 Å². The summed E-state index contributed by atoms with van der Waals surface area (Å²) in [6, 6.07) is 14.9. The molecular weight excluding hydrogens is 372 g/mol. The van der Waals surface area contributed by atoms with Crippen LogP contribution in [0.3, 0.4) is 0 Å². The van der Waals surface area contributed by atoms with Crippen molar-refractivity contribution in [3.8, 4) is 0 Å². The molecular formula is C22H30N2O3S. The van der Waals surface area contributed by atoms with Crippen molar-refractivity contribution >= 4 is 27.3 Å². The predicted molar refractivity (Wildman–Crippen MR) is 116 cm³/mol. The minimum absolute atomic E-state index is 0.0338. The summed E-state index contributed by atoms with van der Waals surface area (Å²) in [4.78, 5) is 12.5. The van der Waals surface area contributed by atoms with Crippen LogP contribution in [-0.4, -0.2) is 27.1 Å². The van der Waals surface area contributed by atoms with Crippen LogP contribution in [0.15, 0.2) is 48.5 Å². The molecule has 152 valence electrons. The maximum Gasteiger partial charge on any atom is 0.245 e. The number of benzene rings is 2. The van der Waals surface area contributed by atoms with Gasteiger partial charge in [-0.2, -0.15) is 0 Å². The summed E-state index contributed by atoms with van der Waals surface area (Å²) >= 11 is 0. The lowest BCUT2D eigenvalue weighted by Crippen LogP contribution is -2.37. The molecule has 2 aromatic carbocycles. The third kappa shape index (κ3) is 5.83. The SMILES string of the molecule is CC(C)c1ccc(NC(=O)CN(c2ccc(C(C)(C)C)cc2)S(C)(=O)=O)cc1. The van der Waals surface area contributed by atoms with Crippen LogP contribution >= 0.6 is 0 Å². The largest absolute Gasteiger partial charge is 0.325 e. The Balaban J connectivity index is 2.17. The smallest absolute Gasteiger partial charge is 0.245 e. The van der Waals surface area contributed by atoms with Gasteiger partial charge in [0.2, 0.25) is 15.9 Å². The number of nitrogens with zero attached hydrogens (tertiary/aromatic N) is 1. The molecule has 0 aromatic heterocycles. The van der Waals surface area contributed by atoms with Crippen molar-refractivity contribution < 1.29 is 13.2 Å². The summed E-state index contributed by atoms with van der Waals surface area (Å²) in [6.45, 7) is 10.2. The molecule has 0 radical (unpaired) electrons. The Hall–Kier alpha value is -2.34. The van der Waals surface area contributed by atoms with E-state index in [1.165, 1.54) is 5.56 Å². The van der Waals surface area contributed by atoms with Crippen molar-refractivity contribution in [1.82, 2.24) is 0 Å². The number of anilines is 2. The van der Waals surface area contributed by atoms with Gasteiger partial charge in [-0.25, -0.2) is 8.42 Å². The summed E-state index contributed by atoms with van der Waals surface area (Å²) in [5.41, 5.74) is 3.36. The second kappa shape index (κ2) is 8.35. The van der Waals surface area contributed by atoms with Crippen LogP contribution in [0, 0.1) is 0 Å². The van der Waals surface area contributed by atoms with Gasteiger partial charge in [-0.1, -0.05) is 58.9 Å². The van der Waals surface area contributed by atoms with Gasteiger partial charge in [-0.3, -0.25) is 9.10 Å². The highest BCUT2D eigenvalue weighted by molar-refractivity contribution is 7.92. The summed E-state index contributed by atoms with van der Waals surface area (Å²) in [7, 11) is -3.60. The molecule has 6 heteroatoms. The Morgan fingerprint density at radius 3 is 1.96 bits per heavy atom. The van der Waals surface area contributed by atoms with E-state index in [4.69, 9.17) is 0 Å². The number of hydrogen-bond acceptors (Lipinski definition) is 3. The fourth-order valence-corrected chi connectivity index (χ4v) is 3.67. The Morgan fingerprint density at radius 2 is 1.54 bits per heavy atom. The molecule has 1 amide bonds. The molecule has 0 saturated carbocycles. The maximum absolute atomic E-state index is 12.5. The Bertz CT molecular complexity index is 910. The zero-order valence-electron chi connectivity index (χ0n) is 17.5. The van der Waals surface area contributed by atoms with E-state index >= 15 is 0 Å². The summed E-state index contributed by atoms with van der Waals surface area (Å²) < 4.78 is 25.7. The van der Waals surface area contributed by atoms with Gasteiger partial charge in [-0.15, -0.1) is 0 Å². The number of carbonyl (C=O) groups is 1. The Labute approximate surface area is 168 Å². The molecule has 2 rings (SSSR count). The van der Waals surface area contributed by atoms with E-state index in [-0.39, 0.29) is 17.9 Å². The van der Waals surface area contributed by atoms with Crippen molar-refractivity contribution in [2.24, 2.45) is 0 Å². The molecule has 2 aromatic rings. The number of amides is 1. The Kier molecular flexibility index (Phi) is 6.55. The summed E-state index contributed by atoms with van der Waals surface area (Å²) in [6.07, 6.45) is 1.11. The third-order valence-electron chi connectivity index (χ3n) is 4.57. The van der Waals surface area contributed by atoms with Crippen LogP contribution < -0.4 is 9.62 Å². The fourth-order valence-electron chi connectivity index (χ4n) is 2.81. The molecule has 0 fully saturated rings. The van der Waals surface area contributed by atoms with E-state index in [1.807, 2.05) is 36.4 Å². The van der Waals surface area contributed by atoms with Gasteiger partial charge in [0, 0.05) is 5.69 Å². The molecule has 1 N–H and O–H groups in total. The van der Waals surface area contributed by atoms with Gasteiger partial charge in [0.25, 0.3) is 0 Å². The molecule has 0 aliphatic heterocycles. The molecule has 5 nitrogen and oxygen atoms in total. The quantitative estimate of drug-likeness (QED) is 0.773. The van der Waals surface area contributed by atoms with Crippen LogP contribution in [-0.2, 0) is 20.2 Å². The van der Waals surface area contributed by atoms with Crippen molar-refractivity contribution in [2.45, 2.75) is 46.0 Å². The van der Waals surface area contributed by atoms with Crippen LogP contribution in [0.2, 0.25) is 0 Å². The number of sulfonamides is 1. The topological polar surface area (TPSA) is 66.5 Å². The number of carbonyl (C=O) groups excluding carboxylic acids is 1. The highest BCUT2D eigenvalue weighted by atomic mass is 32.2. The van der Waals surface area contributed by atoms with E-state index in [1.54, 1.807) is 12.1 Å². The van der Waals surface area contributed by atoms with Crippen molar-refractivity contribution in [3.05, 3.63) is 59.7 Å². The lowest BCUT2D eigenvalue weighted by atomic mass is 9.87. The first-order chi connectivity index (χ1) is 12.9. The lowest BCUT2D eigenvalue weighted by Gasteiger charge is -2.24. The van der Waals surface area contributed by atoms with Crippen LogP contribution in [0.4, 0.5) is 11.4 Å². The zero-order chi connectivity index (χ0) is 21.1. The number of nitrogens with one attached hydrogen (secondary N) is 1. The molecule has 0 saturated heterocycles. The minimum atomic E-state index is -3.60. The van der Waals surface area contributed by atoms with E-state index < -0.39 is 10.0 Å². The van der Waals surface area contributed by atoms with Crippen molar-refractivity contribution in [1.29, 1.82) is 0 Å². The number of rotatable bonds is 6. The average Bonchev–Trinajstić information content (AvgIpc) is 2.58. The van der Waals surface area contributed by atoms with E-state index in [9.17, 15) is 13.2 Å². The molecule has 0 unspecified atom stereocenters. The van der Waals surface area contributed by atoms with Crippen LogP contribution in [0.1, 0.15) is 51.7 Å². The van der Waals surface area contributed by atoms with Gasteiger partial charge < -0.3 is 5.32 Å². The minimum Gasteiger partial charge on any atom is -0.325 e. The monoisotopic (exact) mass is 402 g/mol. The Morgan fingerprint density at radius 1 is 1.00 bits per heavy atom. The first-order valence-electron chi connectivity index (χ1n) is 9.36. The van der Waals surface area contributed by atoms with Gasteiger partial charge in [0.15, 0.2) is 0 Å². The molecule has 0 aliphatic rings. The molecule has 0 atom stereocenters. The maximum atomic E-state index is 12.5. The molecule has 0 heterocycles. The first-order valence-corrected chi connectivity index (χ1v) is 11.2. The third-order valence-corrected chi connectivity index (χ3v) is 5.71. The number of hydrogen-bond donors (Lipinski definition) is 1.